The van der Waals surface area contributed by atoms with Gasteiger partial charge in [0.05, 0.1) is 0 Å². The summed E-state index contributed by atoms with van der Waals surface area (Å²) in [6.07, 6.45) is 6.07. The van der Waals surface area contributed by atoms with Crippen LogP contribution in [0.3, 0.4) is 0 Å². The van der Waals surface area contributed by atoms with Crippen molar-refractivity contribution in [1.82, 2.24) is 10.6 Å². The zero-order chi connectivity index (χ0) is 11.2. The maximum atomic E-state index is 11.6. The Morgan fingerprint density at radius 3 is 2.88 bits per heavy atom. The lowest BCUT2D eigenvalue weighted by molar-refractivity contribution is 0.232. The molecule has 0 spiro atoms. The number of carbonyl (C=O) groups excluding carboxylic acids is 1. The number of thiophene rings is 1. The van der Waals surface area contributed by atoms with E-state index < -0.39 is 0 Å². The summed E-state index contributed by atoms with van der Waals surface area (Å²) in [5.41, 5.74) is 1.17. The van der Waals surface area contributed by atoms with Crippen LogP contribution in [0.25, 0.3) is 0 Å². The van der Waals surface area contributed by atoms with Gasteiger partial charge in [-0.1, -0.05) is 19.3 Å². The van der Waals surface area contributed by atoms with E-state index in [4.69, 9.17) is 0 Å². The van der Waals surface area contributed by atoms with Crippen LogP contribution in [-0.2, 0) is 6.54 Å². The number of rotatable bonds is 3. The fraction of sp³-hybridized carbons (Fsp3) is 0.583. The van der Waals surface area contributed by atoms with Gasteiger partial charge in [0.15, 0.2) is 0 Å². The molecule has 4 heteroatoms. The van der Waals surface area contributed by atoms with E-state index in [-0.39, 0.29) is 6.03 Å². The van der Waals surface area contributed by atoms with Gasteiger partial charge in [-0.3, -0.25) is 0 Å². The molecular weight excluding hydrogens is 220 g/mol. The Balaban J connectivity index is 1.67. The highest BCUT2D eigenvalue weighted by atomic mass is 32.1. The number of urea groups is 1. The summed E-state index contributed by atoms with van der Waals surface area (Å²) in [5, 5.41) is 10.0. The van der Waals surface area contributed by atoms with Crippen LogP contribution in [0.4, 0.5) is 4.79 Å². The van der Waals surface area contributed by atoms with Crippen molar-refractivity contribution >= 4 is 17.4 Å². The maximum Gasteiger partial charge on any atom is 0.315 e. The highest BCUT2D eigenvalue weighted by Crippen LogP contribution is 2.17. The van der Waals surface area contributed by atoms with Crippen molar-refractivity contribution in [1.29, 1.82) is 0 Å². The van der Waals surface area contributed by atoms with E-state index in [0.717, 1.165) is 12.8 Å². The molecule has 1 fully saturated rings. The third-order valence-electron chi connectivity index (χ3n) is 2.97. The van der Waals surface area contributed by atoms with Crippen molar-refractivity contribution in [3.8, 4) is 0 Å². The average molecular weight is 238 g/mol. The van der Waals surface area contributed by atoms with Gasteiger partial charge in [0.1, 0.15) is 0 Å². The second kappa shape index (κ2) is 5.89. The van der Waals surface area contributed by atoms with E-state index in [1.165, 1.54) is 24.8 Å². The summed E-state index contributed by atoms with van der Waals surface area (Å²) in [5.74, 6) is 0. The monoisotopic (exact) mass is 238 g/mol. The topological polar surface area (TPSA) is 41.1 Å². The second-order valence-corrected chi connectivity index (χ2v) is 5.07. The van der Waals surface area contributed by atoms with Crippen LogP contribution in [0.5, 0.6) is 0 Å². The molecule has 2 amide bonds. The molecule has 1 heterocycles. The van der Waals surface area contributed by atoms with Crippen LogP contribution in [0.1, 0.15) is 37.7 Å². The normalized spacial score (nSPS) is 17.0. The fourth-order valence-corrected chi connectivity index (χ4v) is 2.73. The third-order valence-corrected chi connectivity index (χ3v) is 3.71. The van der Waals surface area contributed by atoms with Crippen molar-refractivity contribution in [3.63, 3.8) is 0 Å². The molecule has 0 aliphatic heterocycles. The molecule has 88 valence electrons. The Morgan fingerprint density at radius 2 is 2.19 bits per heavy atom. The Labute approximate surface area is 100 Å². The molecule has 0 unspecified atom stereocenters. The summed E-state index contributed by atoms with van der Waals surface area (Å²) >= 11 is 1.66. The van der Waals surface area contributed by atoms with Gasteiger partial charge >= 0.3 is 6.03 Å². The molecule has 0 aromatic carbocycles. The molecule has 0 bridgehead atoms. The number of carbonyl (C=O) groups is 1. The highest BCUT2D eigenvalue weighted by molar-refractivity contribution is 7.07. The van der Waals surface area contributed by atoms with Crippen molar-refractivity contribution in [2.45, 2.75) is 44.7 Å². The first kappa shape index (κ1) is 11.5. The van der Waals surface area contributed by atoms with E-state index in [2.05, 4.69) is 16.0 Å². The molecule has 1 aromatic heterocycles. The van der Waals surface area contributed by atoms with Gasteiger partial charge in [-0.2, -0.15) is 11.3 Å². The molecule has 2 N–H and O–H groups in total. The summed E-state index contributed by atoms with van der Waals surface area (Å²) in [6, 6.07) is 2.39. The van der Waals surface area contributed by atoms with E-state index in [9.17, 15) is 4.79 Å². The van der Waals surface area contributed by atoms with Gasteiger partial charge in [-0.25, -0.2) is 4.79 Å². The van der Waals surface area contributed by atoms with Crippen LogP contribution < -0.4 is 10.6 Å². The standard InChI is InChI=1S/C12H18N2OS/c15-12(13-8-10-6-7-16-9-10)14-11-4-2-1-3-5-11/h6-7,9,11H,1-5,8H2,(H2,13,14,15). The lowest BCUT2D eigenvalue weighted by Crippen LogP contribution is -2.42. The van der Waals surface area contributed by atoms with Gasteiger partial charge in [0.2, 0.25) is 0 Å². The number of hydrogen-bond donors (Lipinski definition) is 2. The van der Waals surface area contributed by atoms with Crippen LogP contribution in [0.2, 0.25) is 0 Å². The van der Waals surface area contributed by atoms with Crippen molar-refractivity contribution in [2.75, 3.05) is 0 Å². The predicted molar refractivity (Wildman–Crippen MR) is 66.6 cm³/mol. The minimum absolute atomic E-state index is 0.0295. The lowest BCUT2D eigenvalue weighted by atomic mass is 9.96. The first-order valence-corrected chi connectivity index (χ1v) is 6.84. The molecule has 3 nitrogen and oxygen atoms in total. The Morgan fingerprint density at radius 1 is 1.38 bits per heavy atom. The van der Waals surface area contributed by atoms with E-state index in [1.54, 1.807) is 11.3 Å². The molecule has 16 heavy (non-hydrogen) atoms. The van der Waals surface area contributed by atoms with Crippen molar-refractivity contribution in [3.05, 3.63) is 22.4 Å². The number of nitrogens with one attached hydrogen (secondary N) is 2. The van der Waals surface area contributed by atoms with Gasteiger partial charge in [-0.15, -0.1) is 0 Å². The van der Waals surface area contributed by atoms with Gasteiger partial charge in [0.25, 0.3) is 0 Å². The lowest BCUT2D eigenvalue weighted by Gasteiger charge is -2.22. The van der Waals surface area contributed by atoms with Gasteiger partial charge < -0.3 is 10.6 Å². The first-order valence-electron chi connectivity index (χ1n) is 5.90. The molecule has 0 atom stereocenters. The van der Waals surface area contributed by atoms with Gasteiger partial charge in [-0.05, 0) is 35.2 Å². The molecule has 2 rings (SSSR count). The van der Waals surface area contributed by atoms with E-state index in [0.29, 0.717) is 12.6 Å². The Kier molecular flexibility index (Phi) is 4.22. The second-order valence-electron chi connectivity index (χ2n) is 4.29. The van der Waals surface area contributed by atoms with Crippen molar-refractivity contribution in [2.24, 2.45) is 0 Å². The molecule has 1 aliphatic rings. The van der Waals surface area contributed by atoms with Crippen LogP contribution in [-0.4, -0.2) is 12.1 Å². The number of amides is 2. The highest BCUT2D eigenvalue weighted by Gasteiger charge is 2.15. The van der Waals surface area contributed by atoms with E-state index >= 15 is 0 Å². The minimum Gasteiger partial charge on any atom is -0.335 e. The summed E-state index contributed by atoms with van der Waals surface area (Å²) in [6.45, 7) is 0.627. The molecule has 0 radical (unpaired) electrons. The summed E-state index contributed by atoms with van der Waals surface area (Å²) in [4.78, 5) is 11.6. The van der Waals surface area contributed by atoms with E-state index in [1.807, 2.05) is 11.4 Å². The molecule has 1 aromatic rings. The van der Waals surface area contributed by atoms with Gasteiger partial charge in [0, 0.05) is 12.6 Å². The molecule has 1 aliphatic carbocycles. The summed E-state index contributed by atoms with van der Waals surface area (Å²) < 4.78 is 0. The zero-order valence-corrected chi connectivity index (χ0v) is 10.2. The molecule has 1 saturated carbocycles. The minimum atomic E-state index is -0.0295. The SMILES string of the molecule is O=C(NCc1ccsc1)NC1CCCCC1. The van der Waals surface area contributed by atoms with Crippen molar-refractivity contribution < 1.29 is 4.79 Å². The van der Waals surface area contributed by atoms with Crippen LogP contribution in [0.15, 0.2) is 16.8 Å². The maximum absolute atomic E-state index is 11.6. The number of hydrogen-bond acceptors (Lipinski definition) is 2. The predicted octanol–water partition coefficient (Wildman–Crippen LogP) is 2.88. The quantitative estimate of drug-likeness (QED) is 0.835. The zero-order valence-electron chi connectivity index (χ0n) is 9.37. The largest absolute Gasteiger partial charge is 0.335 e. The first-order chi connectivity index (χ1) is 7.84. The Bertz CT molecular complexity index is 318. The smallest absolute Gasteiger partial charge is 0.315 e. The fourth-order valence-electron chi connectivity index (χ4n) is 2.06. The average Bonchev–Trinajstić information content (AvgIpc) is 2.81. The Hall–Kier alpha value is -1.03. The van der Waals surface area contributed by atoms with Crippen LogP contribution >= 0.6 is 11.3 Å². The third kappa shape index (κ3) is 3.52. The summed E-state index contributed by atoms with van der Waals surface area (Å²) in [7, 11) is 0. The molecular formula is C12H18N2OS. The van der Waals surface area contributed by atoms with Crippen LogP contribution in [0, 0.1) is 0 Å². The molecule has 0 saturated heterocycles.